The number of nitrogens with zero attached hydrogens (tertiary/aromatic N) is 1. The Hall–Kier alpha value is -0.743. The van der Waals surface area contributed by atoms with Gasteiger partial charge in [-0.2, -0.15) is 0 Å². The van der Waals surface area contributed by atoms with Crippen LogP contribution in [0.4, 0.5) is 0 Å². The Morgan fingerprint density at radius 1 is 1.47 bits per heavy atom. The molecule has 86 valence electrons. The van der Waals surface area contributed by atoms with Gasteiger partial charge in [0.1, 0.15) is 5.78 Å². The molecule has 0 radical (unpaired) electrons. The van der Waals surface area contributed by atoms with Crippen molar-refractivity contribution in [2.24, 2.45) is 4.99 Å². The van der Waals surface area contributed by atoms with Crippen molar-refractivity contribution in [1.29, 1.82) is 0 Å². The van der Waals surface area contributed by atoms with E-state index in [9.17, 15) is 4.79 Å². The summed E-state index contributed by atoms with van der Waals surface area (Å²) in [4.78, 5) is 15.0. The van der Waals surface area contributed by atoms with Crippen molar-refractivity contribution in [1.82, 2.24) is 0 Å². The van der Waals surface area contributed by atoms with Gasteiger partial charge in [0.15, 0.2) is 0 Å². The van der Waals surface area contributed by atoms with E-state index in [0.717, 1.165) is 5.71 Å². The van der Waals surface area contributed by atoms with Gasteiger partial charge in [-0.3, -0.25) is 9.79 Å². The summed E-state index contributed by atoms with van der Waals surface area (Å²) in [5.74, 6) is 0.151. The van der Waals surface area contributed by atoms with Crippen LogP contribution in [0.3, 0.4) is 0 Å². The maximum atomic E-state index is 10.8. The fourth-order valence-corrected chi connectivity index (χ4v) is 1.76. The van der Waals surface area contributed by atoms with Gasteiger partial charge in [0.05, 0.1) is 13.2 Å². The first-order chi connectivity index (χ1) is 6.87. The van der Waals surface area contributed by atoms with Crippen LogP contribution >= 0.6 is 0 Å². The quantitative estimate of drug-likeness (QED) is 0.380. The van der Waals surface area contributed by atoms with Gasteiger partial charge < -0.3 is 4.43 Å². The number of ketones is 1. The van der Waals surface area contributed by atoms with E-state index in [1.807, 2.05) is 12.6 Å². The van der Waals surface area contributed by atoms with Gasteiger partial charge in [-0.1, -0.05) is 5.70 Å². The summed E-state index contributed by atoms with van der Waals surface area (Å²) >= 11 is 0. The molecule has 0 amide bonds. The molecule has 0 bridgehead atoms. The summed E-state index contributed by atoms with van der Waals surface area (Å²) in [5, 5.41) is 0. The van der Waals surface area contributed by atoms with Crippen LogP contribution < -0.4 is 0 Å². The van der Waals surface area contributed by atoms with Crippen molar-refractivity contribution in [3.05, 3.63) is 12.3 Å². The number of carbonyl (C=O) groups is 1. The molecule has 0 atom stereocenters. The number of hydrogen-bond acceptors (Lipinski definition) is 3. The van der Waals surface area contributed by atoms with Crippen molar-refractivity contribution >= 4 is 19.8 Å². The summed E-state index contributed by atoms with van der Waals surface area (Å²) in [5.41, 5.74) is 2.78. The van der Waals surface area contributed by atoms with E-state index in [4.69, 9.17) is 4.43 Å². The van der Waals surface area contributed by atoms with Gasteiger partial charge in [0.2, 0.25) is 8.32 Å². The average molecular weight is 227 g/mol. The lowest BCUT2D eigenvalue weighted by Crippen LogP contribution is -2.28. The van der Waals surface area contributed by atoms with E-state index in [1.165, 1.54) is 0 Å². The summed E-state index contributed by atoms with van der Waals surface area (Å²) in [6.45, 7) is 12.6. The topological polar surface area (TPSA) is 38.7 Å². The van der Waals surface area contributed by atoms with Gasteiger partial charge in [0.25, 0.3) is 0 Å². The third-order valence-corrected chi connectivity index (χ3v) is 3.87. The van der Waals surface area contributed by atoms with Crippen LogP contribution in [0.15, 0.2) is 17.3 Å². The zero-order valence-corrected chi connectivity index (χ0v) is 11.2. The highest BCUT2D eigenvalue weighted by Crippen LogP contribution is 2.04. The maximum Gasteiger partial charge on any atom is 0.210 e. The number of hydrogen-bond donors (Lipinski definition) is 0. The lowest BCUT2D eigenvalue weighted by Gasteiger charge is -2.17. The molecule has 0 saturated carbocycles. The minimum atomic E-state index is -1.65. The van der Waals surface area contributed by atoms with Crippen molar-refractivity contribution in [2.45, 2.75) is 33.4 Å². The van der Waals surface area contributed by atoms with Crippen LogP contribution in [0.5, 0.6) is 0 Å². The Morgan fingerprint density at radius 2 is 2.07 bits per heavy atom. The first-order valence-electron chi connectivity index (χ1n) is 5.14. The molecule has 0 heterocycles. The molecule has 4 heteroatoms. The fourth-order valence-electron chi connectivity index (χ4n) is 1.02. The predicted octanol–water partition coefficient (Wildman–Crippen LogP) is 2.37. The second kappa shape index (κ2) is 6.69. The van der Waals surface area contributed by atoms with Crippen LogP contribution in [0.25, 0.3) is 0 Å². The highest BCUT2D eigenvalue weighted by atomic mass is 28.4. The van der Waals surface area contributed by atoms with E-state index in [2.05, 4.69) is 24.7 Å². The molecule has 0 aromatic rings. The molecular formula is C11H21NO2Si. The normalized spacial score (nSPS) is 12.7. The van der Waals surface area contributed by atoms with E-state index in [0.29, 0.717) is 19.6 Å². The Balaban J connectivity index is 3.79. The molecule has 3 nitrogen and oxygen atoms in total. The molecule has 0 rings (SSSR count). The molecular weight excluding hydrogens is 206 g/mol. The monoisotopic (exact) mass is 227 g/mol. The smallest absolute Gasteiger partial charge is 0.210 e. The molecule has 0 aromatic carbocycles. The van der Waals surface area contributed by atoms with Crippen molar-refractivity contribution in [2.75, 3.05) is 13.2 Å². The van der Waals surface area contributed by atoms with Gasteiger partial charge in [-0.05, 0) is 26.9 Å². The molecule has 0 aliphatic carbocycles. The molecule has 0 unspecified atom stereocenters. The Bertz CT molecular complexity index is 259. The molecule has 0 spiro atoms. The van der Waals surface area contributed by atoms with Gasteiger partial charge in [-0.15, -0.1) is 6.58 Å². The second-order valence-corrected chi connectivity index (χ2v) is 8.06. The summed E-state index contributed by atoms with van der Waals surface area (Å²) < 4.78 is 5.66. The van der Waals surface area contributed by atoms with Crippen LogP contribution in [0, 0.1) is 0 Å². The van der Waals surface area contributed by atoms with Crippen LogP contribution in [-0.4, -0.2) is 33.0 Å². The predicted molar refractivity (Wildman–Crippen MR) is 66.9 cm³/mol. The SMILES string of the molecule is C=C[Si](C)(C)OCC/N=C(\C)CC(C)=O. The zero-order chi connectivity index (χ0) is 11.9. The largest absolute Gasteiger partial charge is 0.412 e. The number of carbonyl (C=O) groups excluding carboxylic acids is 1. The molecule has 0 aromatic heterocycles. The maximum absolute atomic E-state index is 10.8. The highest BCUT2D eigenvalue weighted by Gasteiger charge is 2.16. The van der Waals surface area contributed by atoms with E-state index < -0.39 is 8.32 Å². The van der Waals surface area contributed by atoms with Gasteiger partial charge >= 0.3 is 0 Å². The fraction of sp³-hybridized carbons (Fsp3) is 0.636. The Labute approximate surface area is 93.4 Å². The zero-order valence-electron chi connectivity index (χ0n) is 10.2. The Morgan fingerprint density at radius 3 is 2.53 bits per heavy atom. The van der Waals surface area contributed by atoms with Crippen LogP contribution in [0.1, 0.15) is 20.3 Å². The van der Waals surface area contributed by atoms with Crippen LogP contribution in [-0.2, 0) is 9.22 Å². The number of rotatable bonds is 7. The van der Waals surface area contributed by atoms with Crippen molar-refractivity contribution in [3.63, 3.8) is 0 Å². The number of Topliss-reactive ketones (excluding diaryl/α,β-unsaturated/α-hetero) is 1. The highest BCUT2D eigenvalue weighted by molar-refractivity contribution is 6.76. The summed E-state index contributed by atoms with van der Waals surface area (Å²) in [7, 11) is -1.65. The molecule has 0 N–H and O–H groups in total. The van der Waals surface area contributed by atoms with E-state index in [-0.39, 0.29) is 5.78 Å². The molecule has 15 heavy (non-hydrogen) atoms. The molecule has 0 aliphatic heterocycles. The minimum Gasteiger partial charge on any atom is -0.412 e. The third kappa shape index (κ3) is 8.26. The lowest BCUT2D eigenvalue weighted by atomic mass is 10.2. The minimum absolute atomic E-state index is 0.151. The second-order valence-electron chi connectivity index (χ2n) is 4.15. The van der Waals surface area contributed by atoms with Gasteiger partial charge in [0, 0.05) is 12.1 Å². The van der Waals surface area contributed by atoms with Crippen LogP contribution in [0.2, 0.25) is 13.1 Å². The first kappa shape index (κ1) is 14.3. The van der Waals surface area contributed by atoms with Crippen molar-refractivity contribution in [3.8, 4) is 0 Å². The molecule has 0 saturated heterocycles. The molecule has 0 fully saturated rings. The van der Waals surface area contributed by atoms with Crippen molar-refractivity contribution < 1.29 is 9.22 Å². The van der Waals surface area contributed by atoms with Gasteiger partial charge in [-0.25, -0.2) is 0 Å². The lowest BCUT2D eigenvalue weighted by molar-refractivity contribution is -0.115. The number of aliphatic imine (C=N–C) groups is 1. The van der Waals surface area contributed by atoms with E-state index in [1.54, 1.807) is 6.92 Å². The van der Waals surface area contributed by atoms with E-state index >= 15 is 0 Å². The summed E-state index contributed by atoms with van der Waals surface area (Å²) in [6.07, 6.45) is 0.447. The standard InChI is InChI=1S/C11H21NO2Si/c1-6-15(4,5)14-8-7-12-10(2)9-11(3)13/h6H,1,7-9H2,2-5H3/b12-10+. The molecule has 0 aliphatic rings. The summed E-state index contributed by atoms with van der Waals surface area (Å²) in [6, 6.07) is 0. The first-order valence-corrected chi connectivity index (χ1v) is 8.13. The average Bonchev–Trinajstić information content (AvgIpc) is 2.11. The third-order valence-electron chi connectivity index (χ3n) is 1.94. The Kier molecular flexibility index (Phi) is 6.36.